The van der Waals surface area contributed by atoms with Crippen molar-refractivity contribution in [2.45, 2.75) is 18.7 Å². The molecule has 0 aliphatic heterocycles. The Morgan fingerprint density at radius 3 is 2.50 bits per heavy atom. The van der Waals surface area contributed by atoms with Gasteiger partial charge in [-0.15, -0.1) is 0 Å². The number of benzene rings is 2. The van der Waals surface area contributed by atoms with Crippen LogP contribution in [0.5, 0.6) is 0 Å². The zero-order valence-corrected chi connectivity index (χ0v) is 12.0. The molecule has 2 rings (SSSR count). The maximum atomic E-state index is 12.3. The lowest BCUT2D eigenvalue weighted by Gasteiger charge is -2.11. The first kappa shape index (κ1) is 14.1. The summed E-state index contributed by atoms with van der Waals surface area (Å²) in [4.78, 5) is 0.0801. The molecule has 0 saturated carbocycles. The Kier molecular flexibility index (Phi) is 3.77. The van der Waals surface area contributed by atoms with Gasteiger partial charge in [0.2, 0.25) is 0 Å². The molecule has 0 atom stereocenters. The summed E-state index contributed by atoms with van der Waals surface area (Å²) < 4.78 is 27.1. The molecule has 0 heterocycles. The molecule has 0 unspecified atom stereocenters. The Hall–Kier alpha value is -2.32. The maximum Gasteiger partial charge on any atom is 0.261 e. The van der Waals surface area contributed by atoms with E-state index >= 15 is 0 Å². The van der Waals surface area contributed by atoms with Gasteiger partial charge in [-0.2, -0.15) is 5.26 Å². The summed E-state index contributed by atoms with van der Waals surface area (Å²) in [7, 11) is -3.68. The minimum absolute atomic E-state index is 0.0801. The molecule has 0 spiro atoms. The number of hydrogen-bond donors (Lipinski definition) is 1. The van der Waals surface area contributed by atoms with Gasteiger partial charge in [0.1, 0.15) is 0 Å². The summed E-state index contributed by atoms with van der Waals surface area (Å²) >= 11 is 0. The van der Waals surface area contributed by atoms with Crippen molar-refractivity contribution in [1.29, 1.82) is 5.26 Å². The zero-order chi connectivity index (χ0) is 14.8. The lowest BCUT2D eigenvalue weighted by molar-refractivity contribution is 0.601. The van der Waals surface area contributed by atoms with Gasteiger partial charge in [-0.3, -0.25) is 4.72 Å². The largest absolute Gasteiger partial charge is 0.279 e. The minimum Gasteiger partial charge on any atom is -0.279 e. The van der Waals surface area contributed by atoms with Crippen LogP contribution in [0.4, 0.5) is 5.69 Å². The Balaban J connectivity index is 2.38. The number of nitrogens with zero attached hydrogens (tertiary/aromatic N) is 1. The van der Waals surface area contributed by atoms with Gasteiger partial charge in [0.25, 0.3) is 10.0 Å². The van der Waals surface area contributed by atoms with Gasteiger partial charge in [-0.25, -0.2) is 8.42 Å². The van der Waals surface area contributed by atoms with Crippen molar-refractivity contribution in [2.75, 3.05) is 4.72 Å². The molecule has 102 valence electrons. The van der Waals surface area contributed by atoms with E-state index in [1.807, 2.05) is 32.0 Å². The quantitative estimate of drug-likeness (QED) is 0.943. The van der Waals surface area contributed by atoms with E-state index in [0.717, 1.165) is 11.1 Å². The van der Waals surface area contributed by atoms with Crippen LogP contribution in [0.2, 0.25) is 0 Å². The first-order chi connectivity index (χ1) is 9.42. The van der Waals surface area contributed by atoms with E-state index in [-0.39, 0.29) is 4.90 Å². The molecule has 2 aromatic rings. The van der Waals surface area contributed by atoms with Gasteiger partial charge in [-0.1, -0.05) is 23.8 Å². The van der Waals surface area contributed by atoms with Gasteiger partial charge in [-0.05, 0) is 43.7 Å². The number of nitriles is 1. The van der Waals surface area contributed by atoms with Crippen molar-refractivity contribution < 1.29 is 8.42 Å². The molecule has 0 fully saturated rings. The third kappa shape index (κ3) is 2.98. The van der Waals surface area contributed by atoms with Crippen LogP contribution in [0.1, 0.15) is 16.7 Å². The van der Waals surface area contributed by atoms with Gasteiger partial charge < -0.3 is 0 Å². The van der Waals surface area contributed by atoms with Gasteiger partial charge in [0, 0.05) is 0 Å². The smallest absolute Gasteiger partial charge is 0.261 e. The highest BCUT2D eigenvalue weighted by Gasteiger charge is 2.15. The standard InChI is InChI=1S/C15H14N2O2S/c1-11-6-7-15(12(2)8-11)17-20(18,19)14-5-3-4-13(9-14)10-16/h3-9,17H,1-2H3. The lowest BCUT2D eigenvalue weighted by atomic mass is 10.1. The summed E-state index contributed by atoms with van der Waals surface area (Å²) in [5, 5.41) is 8.83. The SMILES string of the molecule is Cc1ccc(NS(=O)(=O)c2cccc(C#N)c2)c(C)c1. The topological polar surface area (TPSA) is 70.0 Å². The van der Waals surface area contributed by atoms with Crippen LogP contribution >= 0.6 is 0 Å². The monoisotopic (exact) mass is 286 g/mol. The fourth-order valence-corrected chi connectivity index (χ4v) is 3.04. The average molecular weight is 286 g/mol. The lowest BCUT2D eigenvalue weighted by Crippen LogP contribution is -2.13. The molecule has 0 bridgehead atoms. The zero-order valence-electron chi connectivity index (χ0n) is 11.2. The molecule has 0 aliphatic carbocycles. The van der Waals surface area contributed by atoms with Crippen molar-refractivity contribution in [3.8, 4) is 6.07 Å². The fourth-order valence-electron chi connectivity index (χ4n) is 1.86. The van der Waals surface area contributed by atoms with Crippen LogP contribution in [0, 0.1) is 25.2 Å². The summed E-state index contributed by atoms with van der Waals surface area (Å²) in [5.74, 6) is 0. The first-order valence-electron chi connectivity index (χ1n) is 6.02. The van der Waals surface area contributed by atoms with Crippen LogP contribution in [-0.4, -0.2) is 8.42 Å². The van der Waals surface area contributed by atoms with E-state index in [0.29, 0.717) is 11.3 Å². The highest BCUT2D eigenvalue weighted by Crippen LogP contribution is 2.21. The van der Waals surface area contributed by atoms with E-state index in [1.165, 1.54) is 12.1 Å². The van der Waals surface area contributed by atoms with Crippen molar-refractivity contribution in [2.24, 2.45) is 0 Å². The van der Waals surface area contributed by atoms with E-state index < -0.39 is 10.0 Å². The van der Waals surface area contributed by atoms with Crippen LogP contribution < -0.4 is 4.72 Å². The predicted molar refractivity (Wildman–Crippen MR) is 77.9 cm³/mol. The second-order valence-electron chi connectivity index (χ2n) is 4.56. The highest BCUT2D eigenvalue weighted by molar-refractivity contribution is 7.92. The molecule has 0 amide bonds. The highest BCUT2D eigenvalue weighted by atomic mass is 32.2. The third-order valence-corrected chi connectivity index (χ3v) is 4.26. The molecule has 0 aromatic heterocycles. The van der Waals surface area contributed by atoms with Crippen molar-refractivity contribution in [3.63, 3.8) is 0 Å². The molecule has 20 heavy (non-hydrogen) atoms. The van der Waals surface area contributed by atoms with Crippen LogP contribution in [0.3, 0.4) is 0 Å². The Bertz CT molecular complexity index is 790. The molecule has 4 nitrogen and oxygen atoms in total. The summed E-state index contributed by atoms with van der Waals surface area (Å²) in [5.41, 5.74) is 2.77. The number of aryl methyl sites for hydroxylation is 2. The van der Waals surface area contributed by atoms with Gasteiger partial charge in [0.05, 0.1) is 22.2 Å². The van der Waals surface area contributed by atoms with Crippen molar-refractivity contribution >= 4 is 15.7 Å². The first-order valence-corrected chi connectivity index (χ1v) is 7.51. The summed E-state index contributed by atoms with van der Waals surface area (Å²) in [6.45, 7) is 3.79. The molecular formula is C15H14N2O2S. The van der Waals surface area contributed by atoms with E-state index in [2.05, 4.69) is 4.72 Å². The van der Waals surface area contributed by atoms with Gasteiger partial charge in [0.15, 0.2) is 0 Å². The van der Waals surface area contributed by atoms with Crippen molar-refractivity contribution in [1.82, 2.24) is 0 Å². The molecule has 1 N–H and O–H groups in total. The molecule has 0 radical (unpaired) electrons. The van der Waals surface area contributed by atoms with Crippen molar-refractivity contribution in [3.05, 3.63) is 59.2 Å². The van der Waals surface area contributed by atoms with E-state index in [4.69, 9.17) is 5.26 Å². The second-order valence-corrected chi connectivity index (χ2v) is 6.25. The number of anilines is 1. The van der Waals surface area contributed by atoms with Crippen LogP contribution in [0.25, 0.3) is 0 Å². The maximum absolute atomic E-state index is 12.3. The van der Waals surface area contributed by atoms with Crippen LogP contribution in [0.15, 0.2) is 47.4 Å². The normalized spacial score (nSPS) is 10.8. The number of hydrogen-bond acceptors (Lipinski definition) is 3. The number of rotatable bonds is 3. The Morgan fingerprint density at radius 2 is 1.85 bits per heavy atom. The molecule has 0 saturated heterocycles. The fraction of sp³-hybridized carbons (Fsp3) is 0.133. The summed E-state index contributed by atoms with van der Waals surface area (Å²) in [6, 6.07) is 13.3. The summed E-state index contributed by atoms with van der Waals surface area (Å²) in [6.07, 6.45) is 0. The second kappa shape index (κ2) is 5.35. The molecule has 2 aromatic carbocycles. The van der Waals surface area contributed by atoms with Crippen LogP contribution in [-0.2, 0) is 10.0 Å². The number of nitrogens with one attached hydrogen (secondary N) is 1. The molecular weight excluding hydrogens is 272 g/mol. The third-order valence-electron chi connectivity index (χ3n) is 2.90. The molecule has 0 aliphatic rings. The van der Waals surface area contributed by atoms with E-state index in [1.54, 1.807) is 18.2 Å². The predicted octanol–water partition coefficient (Wildman–Crippen LogP) is 2.98. The Morgan fingerprint density at radius 1 is 1.10 bits per heavy atom. The minimum atomic E-state index is -3.68. The van der Waals surface area contributed by atoms with Gasteiger partial charge >= 0.3 is 0 Å². The Labute approximate surface area is 118 Å². The van der Waals surface area contributed by atoms with E-state index in [9.17, 15) is 8.42 Å². The average Bonchev–Trinajstić information content (AvgIpc) is 2.42. The number of sulfonamides is 1. The molecule has 5 heteroatoms.